The SMILES string of the molecule is CCC1CCC(Oc2cccc(C#N)c2)CC1. The molecule has 0 heterocycles. The van der Waals surface area contributed by atoms with E-state index in [1.165, 1.54) is 19.3 Å². The molecule has 90 valence electrons. The normalized spacial score (nSPS) is 24.0. The smallest absolute Gasteiger partial charge is 0.121 e. The van der Waals surface area contributed by atoms with Gasteiger partial charge in [-0.05, 0) is 49.8 Å². The zero-order valence-corrected chi connectivity index (χ0v) is 10.4. The Morgan fingerprint density at radius 3 is 2.71 bits per heavy atom. The van der Waals surface area contributed by atoms with E-state index in [0.29, 0.717) is 11.7 Å². The highest BCUT2D eigenvalue weighted by atomic mass is 16.5. The standard InChI is InChI=1S/C15H19NO/c1-2-12-6-8-14(9-7-12)17-15-5-3-4-13(10-15)11-16/h3-5,10,12,14H,2,6-9H2,1H3. The number of nitrogens with zero attached hydrogens (tertiary/aromatic N) is 1. The molecule has 0 unspecified atom stereocenters. The van der Waals surface area contributed by atoms with Crippen LogP contribution in [0.4, 0.5) is 0 Å². The van der Waals surface area contributed by atoms with Crippen LogP contribution < -0.4 is 4.74 Å². The van der Waals surface area contributed by atoms with Crippen molar-refractivity contribution in [3.8, 4) is 11.8 Å². The van der Waals surface area contributed by atoms with Crippen molar-refractivity contribution in [2.24, 2.45) is 5.92 Å². The number of ether oxygens (including phenoxy) is 1. The third-order valence-electron chi connectivity index (χ3n) is 3.64. The number of hydrogen-bond acceptors (Lipinski definition) is 2. The fourth-order valence-corrected chi connectivity index (χ4v) is 2.49. The summed E-state index contributed by atoms with van der Waals surface area (Å²) in [6.45, 7) is 2.27. The first kappa shape index (κ1) is 12.0. The maximum atomic E-state index is 8.83. The van der Waals surface area contributed by atoms with Crippen LogP contribution >= 0.6 is 0 Å². The van der Waals surface area contributed by atoms with E-state index in [4.69, 9.17) is 10.00 Å². The zero-order valence-electron chi connectivity index (χ0n) is 10.4. The van der Waals surface area contributed by atoms with Crippen molar-refractivity contribution in [3.63, 3.8) is 0 Å². The van der Waals surface area contributed by atoms with Crippen molar-refractivity contribution in [1.82, 2.24) is 0 Å². The van der Waals surface area contributed by atoms with Crippen molar-refractivity contribution in [2.75, 3.05) is 0 Å². The van der Waals surface area contributed by atoms with E-state index in [0.717, 1.165) is 24.5 Å². The summed E-state index contributed by atoms with van der Waals surface area (Å²) in [6.07, 6.45) is 6.48. The number of hydrogen-bond donors (Lipinski definition) is 0. The summed E-state index contributed by atoms with van der Waals surface area (Å²) in [4.78, 5) is 0. The van der Waals surface area contributed by atoms with Crippen LogP contribution in [0.1, 0.15) is 44.6 Å². The van der Waals surface area contributed by atoms with Gasteiger partial charge in [0.05, 0.1) is 17.7 Å². The van der Waals surface area contributed by atoms with Gasteiger partial charge in [0.1, 0.15) is 5.75 Å². The highest BCUT2D eigenvalue weighted by Gasteiger charge is 2.21. The van der Waals surface area contributed by atoms with Gasteiger partial charge in [0, 0.05) is 0 Å². The molecule has 17 heavy (non-hydrogen) atoms. The molecule has 1 aromatic rings. The van der Waals surface area contributed by atoms with E-state index in [2.05, 4.69) is 13.0 Å². The molecule has 1 aliphatic rings. The van der Waals surface area contributed by atoms with E-state index in [1.54, 1.807) is 6.07 Å². The summed E-state index contributed by atoms with van der Waals surface area (Å²) in [5.41, 5.74) is 0.671. The molecule has 0 aliphatic heterocycles. The minimum atomic E-state index is 0.340. The Hall–Kier alpha value is -1.49. The van der Waals surface area contributed by atoms with Crippen molar-refractivity contribution >= 4 is 0 Å². The summed E-state index contributed by atoms with van der Waals surface area (Å²) in [5.74, 6) is 1.73. The topological polar surface area (TPSA) is 33.0 Å². The van der Waals surface area contributed by atoms with Crippen LogP contribution in [0, 0.1) is 17.2 Å². The highest BCUT2D eigenvalue weighted by molar-refractivity contribution is 5.36. The van der Waals surface area contributed by atoms with E-state index < -0.39 is 0 Å². The van der Waals surface area contributed by atoms with E-state index >= 15 is 0 Å². The van der Waals surface area contributed by atoms with E-state index in [-0.39, 0.29) is 0 Å². The molecule has 1 fully saturated rings. The molecule has 0 bridgehead atoms. The van der Waals surface area contributed by atoms with Gasteiger partial charge in [-0.2, -0.15) is 5.26 Å². The number of rotatable bonds is 3. The average molecular weight is 229 g/mol. The van der Waals surface area contributed by atoms with Gasteiger partial charge in [0.25, 0.3) is 0 Å². The van der Waals surface area contributed by atoms with Crippen molar-refractivity contribution in [2.45, 2.75) is 45.1 Å². The largest absolute Gasteiger partial charge is 0.490 e. The summed E-state index contributed by atoms with van der Waals surface area (Å²) in [5, 5.41) is 8.83. The van der Waals surface area contributed by atoms with Gasteiger partial charge < -0.3 is 4.74 Å². The lowest BCUT2D eigenvalue weighted by atomic mass is 9.86. The maximum absolute atomic E-state index is 8.83. The Balaban J connectivity index is 1.91. The van der Waals surface area contributed by atoms with Crippen LogP contribution in [0.5, 0.6) is 5.75 Å². The van der Waals surface area contributed by atoms with Gasteiger partial charge in [-0.25, -0.2) is 0 Å². The van der Waals surface area contributed by atoms with Crippen LogP contribution in [0.3, 0.4) is 0 Å². The van der Waals surface area contributed by atoms with Crippen molar-refractivity contribution in [3.05, 3.63) is 29.8 Å². The molecule has 1 aromatic carbocycles. The monoisotopic (exact) mass is 229 g/mol. The summed E-state index contributed by atoms with van der Waals surface area (Å²) in [7, 11) is 0. The Bertz CT molecular complexity index is 400. The third-order valence-corrected chi connectivity index (χ3v) is 3.64. The lowest BCUT2D eigenvalue weighted by Crippen LogP contribution is -2.23. The second kappa shape index (κ2) is 5.72. The molecule has 0 amide bonds. The molecule has 0 N–H and O–H groups in total. The summed E-state index contributed by atoms with van der Waals surface area (Å²) >= 11 is 0. The fraction of sp³-hybridized carbons (Fsp3) is 0.533. The zero-order chi connectivity index (χ0) is 12.1. The highest BCUT2D eigenvalue weighted by Crippen LogP contribution is 2.29. The van der Waals surface area contributed by atoms with Gasteiger partial charge in [0.15, 0.2) is 0 Å². The fourth-order valence-electron chi connectivity index (χ4n) is 2.49. The number of nitriles is 1. The van der Waals surface area contributed by atoms with Gasteiger partial charge in [-0.1, -0.05) is 19.4 Å². The molecule has 0 spiro atoms. The Kier molecular flexibility index (Phi) is 4.03. The predicted molar refractivity (Wildman–Crippen MR) is 67.8 cm³/mol. The Morgan fingerprint density at radius 2 is 2.06 bits per heavy atom. The van der Waals surface area contributed by atoms with Crippen LogP contribution in [-0.2, 0) is 0 Å². The van der Waals surface area contributed by atoms with Crippen molar-refractivity contribution in [1.29, 1.82) is 5.26 Å². The first-order chi connectivity index (χ1) is 8.31. The summed E-state index contributed by atoms with van der Waals surface area (Å²) in [6, 6.07) is 9.59. The minimum absolute atomic E-state index is 0.340. The lowest BCUT2D eigenvalue weighted by molar-refractivity contribution is 0.130. The molecule has 1 saturated carbocycles. The molecule has 0 atom stereocenters. The van der Waals surface area contributed by atoms with Gasteiger partial charge in [-0.15, -0.1) is 0 Å². The first-order valence-corrected chi connectivity index (χ1v) is 6.48. The molecule has 2 heteroatoms. The second-order valence-electron chi connectivity index (χ2n) is 4.81. The Labute approximate surface area is 103 Å². The van der Waals surface area contributed by atoms with Gasteiger partial charge >= 0.3 is 0 Å². The maximum Gasteiger partial charge on any atom is 0.121 e. The van der Waals surface area contributed by atoms with Gasteiger partial charge in [0.2, 0.25) is 0 Å². The van der Waals surface area contributed by atoms with E-state index in [1.807, 2.05) is 18.2 Å². The minimum Gasteiger partial charge on any atom is -0.490 e. The third kappa shape index (κ3) is 3.23. The predicted octanol–water partition coefficient (Wildman–Crippen LogP) is 3.91. The molecular formula is C15H19NO. The van der Waals surface area contributed by atoms with Crippen LogP contribution in [-0.4, -0.2) is 6.10 Å². The van der Waals surface area contributed by atoms with Crippen LogP contribution in [0.2, 0.25) is 0 Å². The molecule has 0 radical (unpaired) electrons. The van der Waals surface area contributed by atoms with Crippen LogP contribution in [0.25, 0.3) is 0 Å². The molecule has 0 aromatic heterocycles. The molecule has 2 nitrogen and oxygen atoms in total. The Morgan fingerprint density at radius 1 is 1.29 bits per heavy atom. The molecule has 1 aliphatic carbocycles. The first-order valence-electron chi connectivity index (χ1n) is 6.48. The number of benzene rings is 1. The molecule has 2 rings (SSSR count). The quantitative estimate of drug-likeness (QED) is 0.787. The van der Waals surface area contributed by atoms with Crippen LogP contribution in [0.15, 0.2) is 24.3 Å². The lowest BCUT2D eigenvalue weighted by Gasteiger charge is -2.28. The second-order valence-corrected chi connectivity index (χ2v) is 4.81. The van der Waals surface area contributed by atoms with Crippen molar-refractivity contribution < 1.29 is 4.74 Å². The average Bonchev–Trinajstić information content (AvgIpc) is 2.40. The van der Waals surface area contributed by atoms with Gasteiger partial charge in [-0.3, -0.25) is 0 Å². The molecular weight excluding hydrogens is 210 g/mol. The summed E-state index contributed by atoms with van der Waals surface area (Å²) < 4.78 is 5.94. The molecule has 0 saturated heterocycles. The van der Waals surface area contributed by atoms with E-state index in [9.17, 15) is 0 Å².